The standard InChI is InChI=1S/C28H31F3N2O3/c1-36-19-8-10-27-22(16-19)20(11-13-32-27)26(31)9-7-18-12-15-33(17-23(18)28(34)35)14-3-4-21-24(29)5-2-6-25(21)30/h2,5-6,8,10-11,13,16,18,23,26H,3-4,7,9,12,14-15,17H2,1H3,(H,34,35)/t18-,23+,26-/m1/s1. The Labute approximate surface area is 208 Å². The van der Waals surface area contributed by atoms with Gasteiger partial charge in [-0.15, -0.1) is 0 Å². The number of piperidine rings is 1. The Kier molecular flexibility index (Phi) is 8.46. The number of pyridine rings is 1. The summed E-state index contributed by atoms with van der Waals surface area (Å²) in [6, 6.07) is 10.8. The number of benzene rings is 2. The zero-order chi connectivity index (χ0) is 25.7. The molecule has 1 aliphatic heterocycles. The van der Waals surface area contributed by atoms with E-state index in [2.05, 4.69) is 4.98 Å². The van der Waals surface area contributed by atoms with E-state index in [0.717, 1.165) is 0 Å². The summed E-state index contributed by atoms with van der Waals surface area (Å²) < 4.78 is 48.4. The van der Waals surface area contributed by atoms with Crippen molar-refractivity contribution >= 4 is 16.9 Å². The molecule has 2 aromatic carbocycles. The lowest BCUT2D eigenvalue weighted by molar-refractivity contribution is -0.146. The second-order valence-electron chi connectivity index (χ2n) is 9.43. The molecule has 3 aromatic rings. The lowest BCUT2D eigenvalue weighted by Crippen LogP contribution is -2.44. The van der Waals surface area contributed by atoms with E-state index < -0.39 is 29.7 Å². The number of aromatic nitrogens is 1. The van der Waals surface area contributed by atoms with E-state index in [0.29, 0.717) is 61.1 Å². The molecule has 36 heavy (non-hydrogen) atoms. The molecule has 1 fully saturated rings. The Morgan fingerprint density at radius 3 is 2.72 bits per heavy atom. The third kappa shape index (κ3) is 5.98. The monoisotopic (exact) mass is 500 g/mol. The fraction of sp³-hybridized carbons (Fsp3) is 0.429. The van der Waals surface area contributed by atoms with Crippen LogP contribution in [0.2, 0.25) is 0 Å². The maximum Gasteiger partial charge on any atom is 0.308 e. The van der Waals surface area contributed by atoms with Crippen LogP contribution in [0.4, 0.5) is 13.2 Å². The molecule has 4 rings (SSSR count). The SMILES string of the molecule is COc1ccc2nccc([C@H](F)CC[C@@H]3CCN(CCCc4c(F)cccc4F)C[C@@H]3C(=O)O)c2c1. The molecule has 1 aliphatic rings. The lowest BCUT2D eigenvalue weighted by Gasteiger charge is -2.37. The van der Waals surface area contributed by atoms with Crippen molar-refractivity contribution in [1.82, 2.24) is 9.88 Å². The summed E-state index contributed by atoms with van der Waals surface area (Å²) in [6.07, 6.45) is 2.44. The zero-order valence-electron chi connectivity index (χ0n) is 20.3. The second kappa shape index (κ2) is 11.7. The maximum absolute atomic E-state index is 15.4. The van der Waals surface area contributed by atoms with Crippen molar-refractivity contribution in [2.24, 2.45) is 11.8 Å². The number of nitrogens with zero attached hydrogens (tertiary/aromatic N) is 2. The normalized spacial score (nSPS) is 19.3. The summed E-state index contributed by atoms with van der Waals surface area (Å²) in [5.74, 6) is -2.12. The minimum absolute atomic E-state index is 0.0671. The van der Waals surface area contributed by atoms with Gasteiger partial charge in [-0.05, 0) is 93.1 Å². The van der Waals surface area contributed by atoms with Gasteiger partial charge in [0.25, 0.3) is 0 Å². The molecular weight excluding hydrogens is 469 g/mol. The van der Waals surface area contributed by atoms with E-state index in [-0.39, 0.29) is 24.3 Å². The van der Waals surface area contributed by atoms with Crippen LogP contribution in [-0.4, -0.2) is 47.7 Å². The van der Waals surface area contributed by atoms with Crippen LogP contribution >= 0.6 is 0 Å². The van der Waals surface area contributed by atoms with E-state index in [9.17, 15) is 18.7 Å². The Morgan fingerprint density at radius 2 is 2.00 bits per heavy atom. The van der Waals surface area contributed by atoms with E-state index in [1.807, 2.05) is 4.90 Å². The van der Waals surface area contributed by atoms with Crippen LogP contribution in [0.5, 0.6) is 5.75 Å². The average molecular weight is 501 g/mol. The van der Waals surface area contributed by atoms with Crippen molar-refractivity contribution in [1.29, 1.82) is 0 Å². The van der Waals surface area contributed by atoms with Crippen LogP contribution in [0.25, 0.3) is 10.9 Å². The van der Waals surface area contributed by atoms with Crippen molar-refractivity contribution < 1.29 is 27.8 Å². The van der Waals surface area contributed by atoms with Gasteiger partial charge in [0.2, 0.25) is 0 Å². The topological polar surface area (TPSA) is 62.7 Å². The van der Waals surface area contributed by atoms with Crippen LogP contribution in [0.1, 0.15) is 43.0 Å². The first kappa shape index (κ1) is 25.9. The Balaban J connectivity index is 1.34. The highest BCUT2D eigenvalue weighted by molar-refractivity contribution is 5.83. The van der Waals surface area contributed by atoms with Gasteiger partial charge in [-0.3, -0.25) is 9.78 Å². The highest BCUT2D eigenvalue weighted by Crippen LogP contribution is 2.35. The molecule has 0 bridgehead atoms. The van der Waals surface area contributed by atoms with Crippen molar-refractivity contribution in [3.63, 3.8) is 0 Å². The lowest BCUT2D eigenvalue weighted by atomic mass is 9.81. The number of hydrogen-bond acceptors (Lipinski definition) is 4. The molecule has 0 unspecified atom stereocenters. The molecule has 0 spiro atoms. The van der Waals surface area contributed by atoms with Gasteiger partial charge in [-0.25, -0.2) is 13.2 Å². The third-order valence-corrected chi connectivity index (χ3v) is 7.23. The quantitative estimate of drug-likeness (QED) is 0.372. The minimum atomic E-state index is -1.24. The Bertz CT molecular complexity index is 1190. The number of carboxylic acids is 1. The largest absolute Gasteiger partial charge is 0.497 e. The fourth-order valence-corrected chi connectivity index (χ4v) is 5.21. The maximum atomic E-state index is 15.4. The van der Waals surface area contributed by atoms with E-state index in [1.165, 1.54) is 18.2 Å². The molecule has 3 atom stereocenters. The van der Waals surface area contributed by atoms with Crippen LogP contribution in [-0.2, 0) is 11.2 Å². The summed E-state index contributed by atoms with van der Waals surface area (Å²) in [6.45, 7) is 1.59. The van der Waals surface area contributed by atoms with Gasteiger partial charge in [0, 0.05) is 23.7 Å². The molecule has 0 aliphatic carbocycles. The number of likely N-dealkylation sites (tertiary alicyclic amines) is 1. The molecular formula is C28H31F3N2O3. The summed E-state index contributed by atoms with van der Waals surface area (Å²) >= 11 is 0. The van der Waals surface area contributed by atoms with Gasteiger partial charge < -0.3 is 14.7 Å². The molecule has 2 heterocycles. The smallest absolute Gasteiger partial charge is 0.308 e. The number of carboxylic acid groups (broad SMARTS) is 1. The van der Waals surface area contributed by atoms with Crippen LogP contribution in [0, 0.1) is 23.5 Å². The highest BCUT2D eigenvalue weighted by atomic mass is 19.1. The Morgan fingerprint density at radius 1 is 1.22 bits per heavy atom. The molecule has 0 radical (unpaired) electrons. The van der Waals surface area contributed by atoms with Gasteiger partial charge in [-0.2, -0.15) is 0 Å². The molecule has 192 valence electrons. The van der Waals surface area contributed by atoms with Crippen molar-refractivity contribution in [2.75, 3.05) is 26.7 Å². The summed E-state index contributed by atoms with van der Waals surface area (Å²) in [7, 11) is 1.56. The summed E-state index contributed by atoms with van der Waals surface area (Å²) in [5.41, 5.74) is 1.28. The molecule has 0 amide bonds. The van der Waals surface area contributed by atoms with Gasteiger partial charge in [0.05, 0.1) is 18.5 Å². The molecule has 5 nitrogen and oxygen atoms in total. The number of fused-ring (bicyclic) bond motifs is 1. The van der Waals surface area contributed by atoms with Gasteiger partial charge in [0.1, 0.15) is 23.6 Å². The first-order valence-corrected chi connectivity index (χ1v) is 12.3. The first-order chi connectivity index (χ1) is 17.4. The predicted molar refractivity (Wildman–Crippen MR) is 132 cm³/mol. The first-order valence-electron chi connectivity index (χ1n) is 12.3. The molecule has 1 N–H and O–H groups in total. The number of methoxy groups -OCH3 is 1. The summed E-state index contributed by atoms with van der Waals surface area (Å²) in [5, 5.41) is 10.5. The van der Waals surface area contributed by atoms with Crippen LogP contribution < -0.4 is 4.74 Å². The number of ether oxygens (including phenoxy) is 1. The number of carbonyl (C=O) groups is 1. The van der Waals surface area contributed by atoms with Gasteiger partial charge in [-0.1, -0.05) is 6.07 Å². The molecule has 1 saturated heterocycles. The highest BCUT2D eigenvalue weighted by Gasteiger charge is 2.34. The number of halogens is 3. The number of alkyl halides is 1. The zero-order valence-corrected chi connectivity index (χ0v) is 20.3. The minimum Gasteiger partial charge on any atom is -0.497 e. The van der Waals surface area contributed by atoms with E-state index in [4.69, 9.17) is 4.74 Å². The summed E-state index contributed by atoms with van der Waals surface area (Å²) in [4.78, 5) is 18.3. The van der Waals surface area contributed by atoms with Crippen molar-refractivity contribution in [3.05, 3.63) is 71.4 Å². The Hall–Kier alpha value is -3.13. The number of aliphatic carboxylic acids is 1. The number of rotatable bonds is 10. The van der Waals surface area contributed by atoms with E-state index >= 15 is 4.39 Å². The van der Waals surface area contributed by atoms with Gasteiger partial charge >= 0.3 is 5.97 Å². The van der Waals surface area contributed by atoms with Crippen molar-refractivity contribution in [3.8, 4) is 5.75 Å². The van der Waals surface area contributed by atoms with Crippen LogP contribution in [0.3, 0.4) is 0 Å². The second-order valence-corrected chi connectivity index (χ2v) is 9.43. The average Bonchev–Trinajstić information content (AvgIpc) is 2.88. The number of hydrogen-bond donors (Lipinski definition) is 1. The third-order valence-electron chi connectivity index (χ3n) is 7.23. The van der Waals surface area contributed by atoms with Crippen LogP contribution in [0.15, 0.2) is 48.7 Å². The van der Waals surface area contributed by atoms with E-state index in [1.54, 1.807) is 37.6 Å². The fourth-order valence-electron chi connectivity index (χ4n) is 5.21. The molecule has 1 aromatic heterocycles. The predicted octanol–water partition coefficient (Wildman–Crippen LogP) is 5.97. The molecule has 8 heteroatoms. The molecule has 0 saturated carbocycles. The van der Waals surface area contributed by atoms with Crippen molar-refractivity contribution in [2.45, 2.75) is 38.3 Å². The van der Waals surface area contributed by atoms with Gasteiger partial charge in [0.15, 0.2) is 0 Å².